The number of aryl methyl sites for hydroxylation is 1. The number of nitrogens with one attached hydrogen (secondary N) is 1. The average molecular weight is 221 g/mol. The number of para-hydroxylation sites is 1. The number of carbonyl (C=O) groups excluding carboxylic acids is 1. The van der Waals surface area contributed by atoms with Crippen molar-refractivity contribution in [3.05, 3.63) is 29.8 Å². The largest absolute Gasteiger partial charge is 0.491 e. The molecule has 16 heavy (non-hydrogen) atoms. The van der Waals surface area contributed by atoms with Crippen molar-refractivity contribution >= 4 is 5.91 Å². The smallest absolute Gasteiger partial charge is 0.220 e. The highest BCUT2D eigenvalue weighted by atomic mass is 16.5. The van der Waals surface area contributed by atoms with Crippen LogP contribution < -0.4 is 10.1 Å². The van der Waals surface area contributed by atoms with Gasteiger partial charge in [0.25, 0.3) is 0 Å². The van der Waals surface area contributed by atoms with Gasteiger partial charge in [-0.05, 0) is 25.5 Å². The van der Waals surface area contributed by atoms with E-state index in [4.69, 9.17) is 4.74 Å². The monoisotopic (exact) mass is 221 g/mol. The first-order valence-electron chi connectivity index (χ1n) is 5.61. The van der Waals surface area contributed by atoms with E-state index in [2.05, 4.69) is 5.32 Å². The number of carbonyl (C=O) groups is 1. The fourth-order valence-corrected chi connectivity index (χ4v) is 1.35. The van der Waals surface area contributed by atoms with Gasteiger partial charge in [0.1, 0.15) is 12.4 Å². The van der Waals surface area contributed by atoms with Gasteiger partial charge in [0.15, 0.2) is 0 Å². The van der Waals surface area contributed by atoms with E-state index >= 15 is 0 Å². The van der Waals surface area contributed by atoms with Gasteiger partial charge < -0.3 is 10.1 Å². The number of hydrogen-bond donors (Lipinski definition) is 1. The summed E-state index contributed by atoms with van der Waals surface area (Å²) < 4.78 is 5.63. The maximum absolute atomic E-state index is 11.1. The zero-order valence-corrected chi connectivity index (χ0v) is 10.1. The van der Waals surface area contributed by atoms with Crippen LogP contribution in [0.2, 0.25) is 0 Å². The highest BCUT2D eigenvalue weighted by Gasteiger charge is 2.06. The molecule has 0 aliphatic carbocycles. The van der Waals surface area contributed by atoms with Crippen LogP contribution in [0.3, 0.4) is 0 Å². The minimum atomic E-state index is 0.0343. The number of hydrogen-bond acceptors (Lipinski definition) is 2. The first-order chi connectivity index (χ1) is 7.63. The van der Waals surface area contributed by atoms with Crippen molar-refractivity contribution in [2.75, 3.05) is 6.61 Å². The van der Waals surface area contributed by atoms with Crippen LogP contribution in [-0.4, -0.2) is 18.6 Å². The van der Waals surface area contributed by atoms with Crippen LogP contribution in [-0.2, 0) is 4.79 Å². The summed E-state index contributed by atoms with van der Waals surface area (Å²) in [6, 6.07) is 7.89. The summed E-state index contributed by atoms with van der Waals surface area (Å²) >= 11 is 0. The van der Waals surface area contributed by atoms with Crippen LogP contribution >= 0.6 is 0 Å². The normalized spacial score (nSPS) is 11.9. The third-order valence-electron chi connectivity index (χ3n) is 2.31. The van der Waals surface area contributed by atoms with Crippen molar-refractivity contribution < 1.29 is 9.53 Å². The first kappa shape index (κ1) is 12.6. The maximum Gasteiger partial charge on any atom is 0.220 e. The van der Waals surface area contributed by atoms with Gasteiger partial charge >= 0.3 is 0 Å². The van der Waals surface area contributed by atoms with Crippen LogP contribution in [0.5, 0.6) is 5.75 Å². The lowest BCUT2D eigenvalue weighted by molar-refractivity contribution is -0.121. The minimum absolute atomic E-state index is 0.0343. The van der Waals surface area contributed by atoms with Crippen LogP contribution in [0.25, 0.3) is 0 Å². The molecule has 1 aromatic rings. The van der Waals surface area contributed by atoms with Gasteiger partial charge in [-0.25, -0.2) is 0 Å². The minimum Gasteiger partial charge on any atom is -0.491 e. The Labute approximate surface area is 96.8 Å². The van der Waals surface area contributed by atoms with Gasteiger partial charge in [-0.15, -0.1) is 0 Å². The maximum atomic E-state index is 11.1. The van der Waals surface area contributed by atoms with Crippen LogP contribution in [0.15, 0.2) is 24.3 Å². The average Bonchev–Trinajstić information content (AvgIpc) is 2.28. The predicted molar refractivity (Wildman–Crippen MR) is 64.6 cm³/mol. The van der Waals surface area contributed by atoms with E-state index in [-0.39, 0.29) is 11.9 Å². The first-order valence-corrected chi connectivity index (χ1v) is 5.61. The van der Waals surface area contributed by atoms with Crippen molar-refractivity contribution in [1.82, 2.24) is 5.32 Å². The van der Waals surface area contributed by atoms with Gasteiger partial charge in [0.05, 0.1) is 6.04 Å². The summed E-state index contributed by atoms with van der Waals surface area (Å²) in [4.78, 5) is 11.1. The quantitative estimate of drug-likeness (QED) is 0.828. The Hall–Kier alpha value is -1.51. The number of rotatable bonds is 5. The van der Waals surface area contributed by atoms with Gasteiger partial charge in [0, 0.05) is 6.42 Å². The van der Waals surface area contributed by atoms with E-state index in [0.717, 1.165) is 11.3 Å². The van der Waals surface area contributed by atoms with E-state index in [1.165, 1.54) is 0 Å². The summed E-state index contributed by atoms with van der Waals surface area (Å²) in [6.07, 6.45) is 0.509. The third-order valence-corrected chi connectivity index (χ3v) is 2.31. The fraction of sp³-hybridized carbons (Fsp3) is 0.462. The molecule has 0 bridgehead atoms. The summed E-state index contributed by atoms with van der Waals surface area (Å²) in [7, 11) is 0. The SMILES string of the molecule is CCC(=O)N[C@@H](C)COc1ccccc1C. The van der Waals surface area contributed by atoms with Crippen molar-refractivity contribution in [3.8, 4) is 5.75 Å². The molecule has 0 aliphatic heterocycles. The summed E-state index contributed by atoms with van der Waals surface area (Å²) in [5.41, 5.74) is 1.11. The highest BCUT2D eigenvalue weighted by Crippen LogP contribution is 2.16. The Kier molecular flexibility index (Phi) is 4.83. The molecule has 0 saturated heterocycles. The molecule has 0 radical (unpaired) electrons. The number of amides is 1. The molecule has 0 saturated carbocycles. The number of ether oxygens (including phenoxy) is 1. The Morgan fingerprint density at radius 2 is 2.12 bits per heavy atom. The van der Waals surface area contributed by atoms with Gasteiger partial charge in [0.2, 0.25) is 5.91 Å². The number of benzene rings is 1. The van der Waals surface area contributed by atoms with Crippen molar-refractivity contribution in [2.24, 2.45) is 0 Å². The second-order valence-corrected chi connectivity index (χ2v) is 3.90. The van der Waals surface area contributed by atoms with E-state index in [1.807, 2.05) is 45.0 Å². The third kappa shape index (κ3) is 3.93. The van der Waals surface area contributed by atoms with Crippen molar-refractivity contribution in [3.63, 3.8) is 0 Å². The van der Waals surface area contributed by atoms with Crippen LogP contribution in [0, 0.1) is 6.92 Å². The van der Waals surface area contributed by atoms with E-state index in [0.29, 0.717) is 13.0 Å². The van der Waals surface area contributed by atoms with Crippen molar-refractivity contribution in [1.29, 1.82) is 0 Å². The Morgan fingerprint density at radius 3 is 2.75 bits per heavy atom. The molecule has 1 amide bonds. The summed E-state index contributed by atoms with van der Waals surface area (Å²) in [5, 5.41) is 2.86. The summed E-state index contributed by atoms with van der Waals surface area (Å²) in [6.45, 7) is 6.28. The van der Waals surface area contributed by atoms with E-state index in [9.17, 15) is 4.79 Å². The molecule has 0 fully saturated rings. The molecule has 0 spiro atoms. The van der Waals surface area contributed by atoms with E-state index in [1.54, 1.807) is 0 Å². The molecule has 1 N–H and O–H groups in total. The molecule has 0 heterocycles. The van der Waals surface area contributed by atoms with Crippen LogP contribution in [0.4, 0.5) is 0 Å². The molecule has 0 unspecified atom stereocenters. The van der Waals surface area contributed by atoms with Crippen molar-refractivity contribution in [2.45, 2.75) is 33.2 Å². The second kappa shape index (κ2) is 6.16. The van der Waals surface area contributed by atoms with Gasteiger partial charge in [-0.3, -0.25) is 4.79 Å². The fourth-order valence-electron chi connectivity index (χ4n) is 1.35. The van der Waals surface area contributed by atoms with Gasteiger partial charge in [-0.2, -0.15) is 0 Å². The summed E-state index contributed by atoms with van der Waals surface area (Å²) in [5.74, 6) is 0.931. The molecule has 3 heteroatoms. The lowest BCUT2D eigenvalue weighted by atomic mass is 10.2. The zero-order valence-electron chi connectivity index (χ0n) is 10.1. The zero-order chi connectivity index (χ0) is 12.0. The van der Waals surface area contributed by atoms with Crippen LogP contribution in [0.1, 0.15) is 25.8 Å². The Bertz CT molecular complexity index is 350. The lowest BCUT2D eigenvalue weighted by Crippen LogP contribution is -2.36. The van der Waals surface area contributed by atoms with Gasteiger partial charge in [-0.1, -0.05) is 25.1 Å². The molecule has 3 nitrogen and oxygen atoms in total. The topological polar surface area (TPSA) is 38.3 Å². The lowest BCUT2D eigenvalue weighted by Gasteiger charge is -2.15. The molecule has 1 atom stereocenters. The Balaban J connectivity index is 2.40. The molecular weight excluding hydrogens is 202 g/mol. The molecular formula is C13H19NO2. The molecule has 1 rings (SSSR count). The molecule has 88 valence electrons. The van der Waals surface area contributed by atoms with E-state index < -0.39 is 0 Å². The highest BCUT2D eigenvalue weighted by molar-refractivity contribution is 5.75. The predicted octanol–water partition coefficient (Wildman–Crippen LogP) is 2.29. The standard InChI is InChI=1S/C13H19NO2/c1-4-13(15)14-11(3)9-16-12-8-6-5-7-10(12)2/h5-8,11H,4,9H2,1-3H3,(H,14,15)/t11-/m0/s1. The molecule has 1 aromatic carbocycles. The Morgan fingerprint density at radius 1 is 1.44 bits per heavy atom. The molecule has 0 aliphatic rings. The molecule has 0 aromatic heterocycles. The second-order valence-electron chi connectivity index (χ2n) is 3.90.